The normalized spacial score (nSPS) is 10.6. The minimum absolute atomic E-state index is 0.256. The molecule has 0 aromatic carbocycles. The highest BCUT2D eigenvalue weighted by Gasteiger charge is 2.10. The number of aromatic nitrogens is 4. The van der Waals surface area contributed by atoms with Gasteiger partial charge in [0, 0.05) is 13.2 Å². The largest absolute Gasteiger partial charge is 0.396 e. The Morgan fingerprint density at radius 3 is 2.94 bits per heavy atom. The fourth-order valence-corrected chi connectivity index (χ4v) is 2.00. The van der Waals surface area contributed by atoms with Crippen molar-refractivity contribution in [1.29, 1.82) is 0 Å². The summed E-state index contributed by atoms with van der Waals surface area (Å²) < 4.78 is 1.41. The summed E-state index contributed by atoms with van der Waals surface area (Å²) in [5.41, 5.74) is 7.19. The molecule has 0 spiro atoms. The summed E-state index contributed by atoms with van der Waals surface area (Å²) >= 11 is 1.26. The lowest BCUT2D eigenvalue weighted by molar-refractivity contribution is 0.765. The van der Waals surface area contributed by atoms with E-state index in [-0.39, 0.29) is 5.69 Å². The zero-order valence-corrected chi connectivity index (χ0v) is 9.71. The molecule has 0 saturated heterocycles. The third-order valence-corrected chi connectivity index (χ3v) is 3.26. The van der Waals surface area contributed by atoms with E-state index in [1.165, 1.54) is 16.3 Å². The Kier molecular flexibility index (Phi) is 2.69. The Labute approximate surface area is 95.9 Å². The van der Waals surface area contributed by atoms with E-state index in [0.29, 0.717) is 15.9 Å². The Balaban J connectivity index is 2.38. The van der Waals surface area contributed by atoms with Gasteiger partial charge < -0.3 is 5.73 Å². The first kappa shape index (κ1) is 10.7. The molecule has 0 unspecified atom stereocenters. The molecule has 3 N–H and O–H groups in total. The smallest absolute Gasteiger partial charge is 0.343 e. The molecule has 0 aliphatic carbocycles. The molecule has 7 heteroatoms. The van der Waals surface area contributed by atoms with Crippen molar-refractivity contribution in [1.82, 2.24) is 19.7 Å². The average Bonchev–Trinajstić information content (AvgIpc) is 2.57. The van der Waals surface area contributed by atoms with Crippen LogP contribution in [0.5, 0.6) is 0 Å². The number of nitrogen functional groups attached to an aromatic ring is 1. The van der Waals surface area contributed by atoms with Crippen molar-refractivity contribution in [3.63, 3.8) is 0 Å². The lowest BCUT2D eigenvalue weighted by atomic mass is 10.3. The second-order valence-electron chi connectivity index (χ2n) is 3.32. The quantitative estimate of drug-likeness (QED) is 0.796. The number of aromatic amines is 1. The maximum atomic E-state index is 11.2. The van der Waals surface area contributed by atoms with E-state index in [1.54, 1.807) is 13.2 Å². The van der Waals surface area contributed by atoms with Gasteiger partial charge >= 0.3 is 5.69 Å². The van der Waals surface area contributed by atoms with Crippen molar-refractivity contribution >= 4 is 17.4 Å². The fraction of sp³-hybridized carbons (Fsp3) is 0.222. The molecule has 0 aliphatic rings. The van der Waals surface area contributed by atoms with Crippen LogP contribution in [0.15, 0.2) is 27.2 Å². The summed E-state index contributed by atoms with van der Waals surface area (Å²) in [6.07, 6.45) is 1.68. The topological polar surface area (TPSA) is 89.6 Å². The Bertz CT molecular complexity index is 574. The lowest BCUT2D eigenvalue weighted by Gasteiger charge is -2.05. The van der Waals surface area contributed by atoms with Crippen molar-refractivity contribution in [2.45, 2.75) is 17.1 Å². The number of aryl methyl sites for hydroxylation is 1. The van der Waals surface area contributed by atoms with Crippen LogP contribution < -0.4 is 11.4 Å². The highest BCUT2D eigenvalue weighted by molar-refractivity contribution is 7.99. The van der Waals surface area contributed by atoms with Crippen LogP contribution in [0.25, 0.3) is 0 Å². The van der Waals surface area contributed by atoms with E-state index in [9.17, 15) is 4.79 Å². The van der Waals surface area contributed by atoms with Gasteiger partial charge in [-0.1, -0.05) is 0 Å². The van der Waals surface area contributed by atoms with E-state index < -0.39 is 0 Å². The van der Waals surface area contributed by atoms with Gasteiger partial charge in [-0.05, 0) is 30.3 Å². The van der Waals surface area contributed by atoms with Crippen molar-refractivity contribution in [2.75, 3.05) is 5.73 Å². The summed E-state index contributed by atoms with van der Waals surface area (Å²) in [4.78, 5) is 15.3. The van der Waals surface area contributed by atoms with Gasteiger partial charge in [0.15, 0.2) is 5.16 Å². The van der Waals surface area contributed by atoms with Crippen LogP contribution in [0, 0.1) is 6.92 Å². The summed E-state index contributed by atoms with van der Waals surface area (Å²) in [5, 5.41) is 7.43. The molecule has 84 valence electrons. The fourth-order valence-electron chi connectivity index (χ4n) is 1.14. The summed E-state index contributed by atoms with van der Waals surface area (Å²) in [6, 6.07) is 1.84. The van der Waals surface area contributed by atoms with Gasteiger partial charge in [-0.25, -0.2) is 14.9 Å². The molecule has 6 nitrogen and oxygen atoms in total. The second kappa shape index (κ2) is 4.01. The average molecular weight is 237 g/mol. The first-order valence-electron chi connectivity index (χ1n) is 4.60. The van der Waals surface area contributed by atoms with Gasteiger partial charge in [-0.3, -0.25) is 4.57 Å². The van der Waals surface area contributed by atoms with E-state index in [4.69, 9.17) is 5.73 Å². The SMILES string of the molecule is Cc1ccnc(Sc2n[nH]c(=O)n2C)c1N. The van der Waals surface area contributed by atoms with Crippen LogP contribution >= 0.6 is 11.8 Å². The molecule has 0 bridgehead atoms. The molecule has 0 fully saturated rings. The predicted octanol–water partition coefficient (Wildman–Crippen LogP) is 0.545. The van der Waals surface area contributed by atoms with Crippen molar-refractivity contribution in [3.05, 3.63) is 28.3 Å². The monoisotopic (exact) mass is 237 g/mol. The molecule has 2 aromatic rings. The zero-order chi connectivity index (χ0) is 11.7. The molecular weight excluding hydrogens is 226 g/mol. The number of nitrogens with one attached hydrogen (secondary N) is 1. The highest BCUT2D eigenvalue weighted by Crippen LogP contribution is 2.29. The van der Waals surface area contributed by atoms with E-state index in [1.807, 2.05) is 13.0 Å². The first-order chi connectivity index (χ1) is 7.59. The van der Waals surface area contributed by atoms with Crippen LogP contribution in [0.1, 0.15) is 5.56 Å². The van der Waals surface area contributed by atoms with Crippen LogP contribution in [-0.2, 0) is 7.05 Å². The number of H-pyrrole nitrogens is 1. The van der Waals surface area contributed by atoms with Crippen LogP contribution in [0.2, 0.25) is 0 Å². The lowest BCUT2D eigenvalue weighted by Crippen LogP contribution is -2.12. The maximum absolute atomic E-state index is 11.2. The summed E-state index contributed by atoms with van der Waals surface area (Å²) in [7, 11) is 1.64. The summed E-state index contributed by atoms with van der Waals surface area (Å²) in [5.74, 6) is 0. The van der Waals surface area contributed by atoms with Gasteiger partial charge in [0.2, 0.25) is 0 Å². The number of hydrogen-bond acceptors (Lipinski definition) is 5. The molecule has 0 saturated carbocycles. The zero-order valence-electron chi connectivity index (χ0n) is 8.89. The van der Waals surface area contributed by atoms with Gasteiger partial charge in [-0.15, -0.1) is 5.10 Å². The van der Waals surface area contributed by atoms with Gasteiger partial charge in [0.1, 0.15) is 5.03 Å². The molecule has 0 aliphatic heterocycles. The second-order valence-corrected chi connectivity index (χ2v) is 4.28. The van der Waals surface area contributed by atoms with E-state index >= 15 is 0 Å². The summed E-state index contributed by atoms with van der Waals surface area (Å²) in [6.45, 7) is 1.91. The molecule has 0 radical (unpaired) electrons. The highest BCUT2D eigenvalue weighted by atomic mass is 32.2. The molecule has 0 atom stereocenters. The van der Waals surface area contributed by atoms with Crippen molar-refractivity contribution in [2.24, 2.45) is 7.05 Å². The predicted molar refractivity (Wildman–Crippen MR) is 61.3 cm³/mol. The molecule has 0 amide bonds. The van der Waals surface area contributed by atoms with Gasteiger partial charge in [-0.2, -0.15) is 0 Å². The van der Waals surface area contributed by atoms with Gasteiger partial charge in [0.05, 0.1) is 5.69 Å². The number of hydrogen-bond donors (Lipinski definition) is 2. The Hall–Kier alpha value is -1.76. The minimum atomic E-state index is -0.256. The number of nitrogens with two attached hydrogens (primary N) is 1. The number of nitrogens with zero attached hydrogens (tertiary/aromatic N) is 3. The number of anilines is 1. The first-order valence-corrected chi connectivity index (χ1v) is 5.41. The Morgan fingerprint density at radius 2 is 2.31 bits per heavy atom. The maximum Gasteiger partial charge on any atom is 0.343 e. The van der Waals surface area contributed by atoms with E-state index in [2.05, 4.69) is 15.2 Å². The minimum Gasteiger partial charge on any atom is -0.396 e. The van der Waals surface area contributed by atoms with Gasteiger partial charge in [0.25, 0.3) is 0 Å². The number of pyridine rings is 1. The van der Waals surface area contributed by atoms with E-state index in [0.717, 1.165) is 5.56 Å². The van der Waals surface area contributed by atoms with Crippen LogP contribution in [-0.4, -0.2) is 19.7 Å². The van der Waals surface area contributed by atoms with Crippen molar-refractivity contribution in [3.8, 4) is 0 Å². The van der Waals surface area contributed by atoms with Crippen LogP contribution in [0.4, 0.5) is 5.69 Å². The standard InChI is InChI=1S/C9H11N5OS/c1-5-3-4-11-7(6(5)10)16-9-13-12-8(15)14(9)2/h3-4H,10H2,1-2H3,(H,12,15). The number of rotatable bonds is 2. The molecular formula is C9H11N5OS. The molecule has 16 heavy (non-hydrogen) atoms. The molecule has 2 rings (SSSR count). The Morgan fingerprint density at radius 1 is 1.56 bits per heavy atom. The third kappa shape index (κ3) is 1.81. The molecule has 2 aromatic heterocycles. The van der Waals surface area contributed by atoms with Crippen molar-refractivity contribution < 1.29 is 0 Å². The third-order valence-electron chi connectivity index (χ3n) is 2.20. The molecule has 2 heterocycles. The van der Waals surface area contributed by atoms with Crippen LogP contribution in [0.3, 0.4) is 0 Å².